The molecule has 0 atom stereocenters. The van der Waals surface area contributed by atoms with E-state index in [1.165, 1.54) is 5.34 Å². The van der Waals surface area contributed by atoms with Gasteiger partial charge in [-0.25, -0.2) is 0 Å². The van der Waals surface area contributed by atoms with Crippen LogP contribution in [0.25, 0.3) is 10.9 Å². The summed E-state index contributed by atoms with van der Waals surface area (Å²) in [4.78, 5) is 12.1. The smallest absolute Gasteiger partial charge is 0.152 e. The molecule has 1 heterocycles. The van der Waals surface area contributed by atoms with E-state index >= 15 is 0 Å². The van der Waals surface area contributed by atoms with Gasteiger partial charge in [0.15, 0.2) is 5.34 Å². The van der Waals surface area contributed by atoms with Gasteiger partial charge in [0.25, 0.3) is 0 Å². The molecule has 1 aromatic carbocycles. The number of benzene rings is 1. The normalized spacial score (nSPS) is 8.86. The van der Waals surface area contributed by atoms with Crippen molar-refractivity contribution in [1.82, 2.24) is 4.98 Å². The van der Waals surface area contributed by atoms with Crippen molar-refractivity contribution in [3.63, 3.8) is 0 Å². The average molecular weight is 192 g/mol. The topological polar surface area (TPSA) is 82.8 Å². The highest BCUT2D eigenvalue weighted by Crippen LogP contribution is 2.20. The monoisotopic (exact) mass is 192 g/mol. The van der Waals surface area contributed by atoms with Gasteiger partial charge in [-0.15, -0.1) is 4.91 Å². The van der Waals surface area contributed by atoms with E-state index in [0.29, 0.717) is 5.52 Å². The summed E-state index contributed by atoms with van der Waals surface area (Å²) in [5.74, 6) is 0.239. The molecule has 14 heavy (non-hydrogen) atoms. The predicted molar refractivity (Wildman–Crippen MR) is 51.0 cm³/mol. The summed E-state index contributed by atoms with van der Waals surface area (Å²) in [6.07, 6.45) is 1.67. The molecule has 2 N–H and O–H groups in total. The van der Waals surface area contributed by atoms with Crippen LogP contribution in [0.5, 0.6) is 5.75 Å². The van der Waals surface area contributed by atoms with Crippen molar-refractivity contribution >= 4 is 10.9 Å². The number of aromatic nitrogens is 1. The minimum absolute atomic E-state index is 0.239. The Bertz CT molecular complexity index is 426. The number of para-hydroxylation sites is 1. The highest BCUT2D eigenvalue weighted by Gasteiger charge is 1.96. The molecule has 5 heteroatoms. The molecule has 0 fully saturated rings. The summed E-state index contributed by atoms with van der Waals surface area (Å²) < 4.78 is 0. The molecule has 5 nitrogen and oxygen atoms in total. The molecule has 72 valence electrons. The minimum Gasteiger partial charge on any atom is -0.506 e. The van der Waals surface area contributed by atoms with Crippen LogP contribution in [0.15, 0.2) is 41.9 Å². The first-order valence-electron chi connectivity index (χ1n) is 3.79. The fraction of sp³-hybridized carbons (Fsp3) is 0. The predicted octanol–water partition coefficient (Wildman–Crippen LogP) is 2.08. The van der Waals surface area contributed by atoms with Crippen molar-refractivity contribution < 1.29 is 10.3 Å². The second kappa shape index (κ2) is 4.76. The van der Waals surface area contributed by atoms with Crippen molar-refractivity contribution in [3.8, 4) is 5.75 Å². The third kappa shape index (κ3) is 2.16. The summed E-state index contributed by atoms with van der Waals surface area (Å²) >= 11 is 0. The lowest BCUT2D eigenvalue weighted by Crippen LogP contribution is -1.76. The molecular formula is C9H8N2O3. The number of phenols is 1. The van der Waals surface area contributed by atoms with Crippen LogP contribution in [0.1, 0.15) is 0 Å². The highest BCUT2D eigenvalue weighted by molar-refractivity contribution is 5.83. The van der Waals surface area contributed by atoms with E-state index in [1.54, 1.807) is 18.3 Å². The molecule has 1 aromatic heterocycles. The van der Waals surface area contributed by atoms with Crippen LogP contribution >= 0.6 is 0 Å². The van der Waals surface area contributed by atoms with Gasteiger partial charge in [0.05, 0.1) is 0 Å². The van der Waals surface area contributed by atoms with E-state index in [0.717, 1.165) is 5.39 Å². The van der Waals surface area contributed by atoms with Crippen LogP contribution in [0.4, 0.5) is 0 Å². The molecule has 0 unspecified atom stereocenters. The lowest BCUT2D eigenvalue weighted by Gasteiger charge is -1.96. The lowest BCUT2D eigenvalue weighted by atomic mass is 10.2. The first-order valence-corrected chi connectivity index (χ1v) is 3.79. The molecule has 0 amide bonds. The van der Waals surface area contributed by atoms with E-state index < -0.39 is 0 Å². The van der Waals surface area contributed by atoms with Gasteiger partial charge in [0.2, 0.25) is 0 Å². The van der Waals surface area contributed by atoms with Crippen molar-refractivity contribution in [3.05, 3.63) is 41.4 Å². The summed E-state index contributed by atoms with van der Waals surface area (Å²) in [6, 6.07) is 9.13. The largest absolute Gasteiger partial charge is 0.506 e. The first-order chi connectivity index (χ1) is 6.79. The number of pyridine rings is 1. The fourth-order valence-corrected chi connectivity index (χ4v) is 1.09. The van der Waals surface area contributed by atoms with Gasteiger partial charge in [-0.2, -0.15) is 0 Å². The molecular weight excluding hydrogens is 184 g/mol. The zero-order valence-electron chi connectivity index (χ0n) is 7.16. The van der Waals surface area contributed by atoms with Crippen LogP contribution in [0, 0.1) is 4.91 Å². The molecule has 0 saturated heterocycles. The van der Waals surface area contributed by atoms with E-state index in [-0.39, 0.29) is 5.75 Å². The van der Waals surface area contributed by atoms with Gasteiger partial charge in [0, 0.05) is 11.6 Å². The van der Waals surface area contributed by atoms with Crippen molar-refractivity contribution in [2.45, 2.75) is 0 Å². The molecule has 2 aromatic rings. The second-order valence-electron chi connectivity index (χ2n) is 2.43. The molecule has 0 aliphatic carbocycles. The van der Waals surface area contributed by atoms with E-state index in [1.807, 2.05) is 18.2 Å². The number of hydrogen-bond donors (Lipinski definition) is 2. The Morgan fingerprint density at radius 1 is 1.21 bits per heavy atom. The van der Waals surface area contributed by atoms with Gasteiger partial charge in [-0.1, -0.05) is 18.2 Å². The van der Waals surface area contributed by atoms with Crippen LogP contribution in [-0.4, -0.2) is 15.3 Å². The summed E-state index contributed by atoms with van der Waals surface area (Å²) in [5.41, 5.74) is 0.662. The third-order valence-electron chi connectivity index (χ3n) is 1.61. The van der Waals surface area contributed by atoms with Crippen LogP contribution in [-0.2, 0) is 0 Å². The molecule has 0 aliphatic heterocycles. The molecule has 0 radical (unpaired) electrons. The number of fused-ring (bicyclic) bond motifs is 1. The summed E-state index contributed by atoms with van der Waals surface area (Å²) in [6.45, 7) is 0. The first kappa shape index (κ1) is 9.91. The van der Waals surface area contributed by atoms with Crippen LogP contribution < -0.4 is 0 Å². The summed E-state index contributed by atoms with van der Waals surface area (Å²) in [5, 5.41) is 18.2. The quantitative estimate of drug-likeness (QED) is 0.494. The van der Waals surface area contributed by atoms with Crippen molar-refractivity contribution in [2.24, 2.45) is 5.34 Å². The van der Waals surface area contributed by atoms with Crippen LogP contribution in [0.2, 0.25) is 0 Å². The number of hydrogen-bond acceptors (Lipinski definition) is 4. The van der Waals surface area contributed by atoms with E-state index in [9.17, 15) is 5.11 Å². The van der Waals surface area contributed by atoms with E-state index in [4.69, 9.17) is 10.1 Å². The Hall–Kier alpha value is -2.17. The third-order valence-corrected chi connectivity index (χ3v) is 1.61. The lowest BCUT2D eigenvalue weighted by molar-refractivity contribution is 0.312. The number of nitrogens with zero attached hydrogens (tertiary/aromatic N) is 2. The van der Waals surface area contributed by atoms with Crippen LogP contribution in [0.3, 0.4) is 0 Å². The number of rotatable bonds is 0. The molecule has 0 aliphatic rings. The molecule has 0 saturated carbocycles. The Morgan fingerprint density at radius 3 is 2.50 bits per heavy atom. The maximum atomic E-state index is 9.31. The maximum absolute atomic E-state index is 9.31. The average Bonchev–Trinajstić information content (AvgIpc) is 2.20. The van der Waals surface area contributed by atoms with Crippen molar-refractivity contribution in [1.29, 1.82) is 0 Å². The Kier molecular flexibility index (Phi) is 3.37. The van der Waals surface area contributed by atoms with Gasteiger partial charge in [0.1, 0.15) is 11.3 Å². The number of phenolic OH excluding ortho intramolecular Hbond substituents is 1. The van der Waals surface area contributed by atoms with Crippen molar-refractivity contribution in [2.75, 3.05) is 0 Å². The summed E-state index contributed by atoms with van der Waals surface area (Å²) in [7, 11) is 0. The van der Waals surface area contributed by atoms with Gasteiger partial charge in [-0.05, 0) is 12.1 Å². The Morgan fingerprint density at radius 2 is 1.86 bits per heavy atom. The zero-order valence-corrected chi connectivity index (χ0v) is 7.16. The molecule has 0 spiro atoms. The zero-order chi connectivity index (χ0) is 10.4. The fourth-order valence-electron chi connectivity index (χ4n) is 1.09. The molecule has 0 bridgehead atoms. The van der Waals surface area contributed by atoms with Gasteiger partial charge in [-0.3, -0.25) is 4.98 Å². The van der Waals surface area contributed by atoms with Gasteiger partial charge >= 0.3 is 0 Å². The Balaban J connectivity index is 0.000000293. The standard InChI is InChI=1S/C9H7NO.HNO2/c11-8-5-1-3-7-4-2-6-10-9(7)8;2-1-3/h1-6,11H;(H,2,3). The minimum atomic E-state index is 0.239. The van der Waals surface area contributed by atoms with E-state index in [2.05, 4.69) is 4.98 Å². The Labute approximate surface area is 79.6 Å². The maximum Gasteiger partial charge on any atom is 0.152 e. The number of aromatic hydroxyl groups is 1. The molecule has 2 rings (SSSR count). The SMILES string of the molecule is O=NO.Oc1cccc2cccnc12. The van der Waals surface area contributed by atoms with Gasteiger partial charge < -0.3 is 10.3 Å². The highest BCUT2D eigenvalue weighted by atomic mass is 16.6. The second-order valence-corrected chi connectivity index (χ2v) is 2.43.